The molecule has 2 atom stereocenters. The number of nitrogens with zero attached hydrogens (tertiary/aromatic N) is 3. The van der Waals surface area contributed by atoms with Crippen LogP contribution in [-0.2, 0) is 4.79 Å². The number of benzene rings is 2. The molecule has 2 aromatic rings. The Morgan fingerprint density at radius 1 is 1.13 bits per heavy atom. The zero-order valence-corrected chi connectivity index (χ0v) is 17.2. The van der Waals surface area contributed by atoms with E-state index in [2.05, 4.69) is 0 Å². The molecule has 0 aromatic heterocycles. The van der Waals surface area contributed by atoms with E-state index in [1.807, 2.05) is 44.4 Å². The summed E-state index contributed by atoms with van der Waals surface area (Å²) >= 11 is 0. The van der Waals surface area contributed by atoms with Crippen molar-refractivity contribution in [3.8, 4) is 0 Å². The lowest BCUT2D eigenvalue weighted by atomic mass is 9.60. The van der Waals surface area contributed by atoms with Gasteiger partial charge in [0.15, 0.2) is 0 Å². The second kappa shape index (κ2) is 7.81. The predicted molar refractivity (Wildman–Crippen MR) is 110 cm³/mol. The molecule has 2 amide bonds. The van der Waals surface area contributed by atoms with E-state index in [-0.39, 0.29) is 36.9 Å². The average molecular weight is 411 g/mol. The third-order valence-electron chi connectivity index (χ3n) is 6.13. The standard InChI is InChI=1S/C23H26FN3O3/c1-25(2)12-20(29)27-19(13-28)21(16-7-4-3-5-8-16)23(27)14-26(15-23)22(30)17-9-6-10-18(24)11-17/h3-11,19,21,28H,12-15H2,1-2H3/t19-,21+/m1/s1. The molecule has 0 bridgehead atoms. The van der Waals surface area contributed by atoms with Gasteiger partial charge in [0, 0.05) is 24.6 Å². The van der Waals surface area contributed by atoms with Gasteiger partial charge in [0.05, 0.1) is 24.7 Å². The van der Waals surface area contributed by atoms with Gasteiger partial charge >= 0.3 is 0 Å². The lowest BCUT2D eigenvalue weighted by molar-refractivity contribution is -0.194. The summed E-state index contributed by atoms with van der Waals surface area (Å²) in [6, 6.07) is 15.1. The smallest absolute Gasteiger partial charge is 0.254 e. The number of carbonyl (C=O) groups excluding carboxylic acids is 2. The van der Waals surface area contributed by atoms with E-state index in [1.165, 1.54) is 18.2 Å². The van der Waals surface area contributed by atoms with E-state index in [4.69, 9.17) is 0 Å². The zero-order chi connectivity index (χ0) is 21.5. The molecule has 6 nitrogen and oxygen atoms in total. The first-order valence-corrected chi connectivity index (χ1v) is 10.0. The summed E-state index contributed by atoms with van der Waals surface area (Å²) in [5, 5.41) is 10.1. The van der Waals surface area contributed by atoms with Crippen LogP contribution in [0.1, 0.15) is 21.8 Å². The first-order valence-electron chi connectivity index (χ1n) is 10.0. The number of rotatable bonds is 5. The zero-order valence-electron chi connectivity index (χ0n) is 17.2. The Bertz CT molecular complexity index is 944. The van der Waals surface area contributed by atoms with Gasteiger partial charge in [-0.25, -0.2) is 4.39 Å². The van der Waals surface area contributed by atoms with Crippen LogP contribution in [0.25, 0.3) is 0 Å². The maximum Gasteiger partial charge on any atom is 0.254 e. The Labute approximate surface area is 175 Å². The van der Waals surface area contributed by atoms with Crippen LogP contribution in [0.2, 0.25) is 0 Å². The molecular weight excluding hydrogens is 385 g/mol. The third kappa shape index (κ3) is 3.28. The molecule has 30 heavy (non-hydrogen) atoms. The van der Waals surface area contributed by atoms with Gasteiger partial charge in [0.1, 0.15) is 5.82 Å². The predicted octanol–water partition coefficient (Wildman–Crippen LogP) is 1.57. The Balaban J connectivity index is 1.62. The second-order valence-corrected chi connectivity index (χ2v) is 8.41. The summed E-state index contributed by atoms with van der Waals surface area (Å²) in [6.07, 6.45) is 0. The van der Waals surface area contributed by atoms with Crippen LogP contribution in [0.4, 0.5) is 4.39 Å². The monoisotopic (exact) mass is 411 g/mol. The van der Waals surface area contributed by atoms with Crippen LogP contribution in [0.15, 0.2) is 54.6 Å². The van der Waals surface area contributed by atoms with Gasteiger partial charge in [0.25, 0.3) is 5.91 Å². The van der Waals surface area contributed by atoms with Crippen molar-refractivity contribution < 1.29 is 19.1 Å². The van der Waals surface area contributed by atoms with Crippen LogP contribution >= 0.6 is 0 Å². The van der Waals surface area contributed by atoms with E-state index in [1.54, 1.807) is 20.8 Å². The fourth-order valence-electron chi connectivity index (χ4n) is 4.98. The SMILES string of the molecule is CN(C)CC(=O)N1[C@H](CO)[C@H](c2ccccc2)C12CN(C(=O)c1cccc(F)c1)C2. The van der Waals surface area contributed by atoms with Crippen molar-refractivity contribution in [3.05, 3.63) is 71.5 Å². The molecular formula is C23H26FN3O3. The Morgan fingerprint density at radius 2 is 1.83 bits per heavy atom. The van der Waals surface area contributed by atoms with Crippen LogP contribution in [0.3, 0.4) is 0 Å². The Morgan fingerprint density at radius 3 is 2.43 bits per heavy atom. The fraction of sp³-hybridized carbons (Fsp3) is 0.391. The molecule has 0 saturated carbocycles. The molecule has 0 radical (unpaired) electrons. The molecule has 1 N–H and O–H groups in total. The first-order chi connectivity index (χ1) is 14.4. The number of carbonyl (C=O) groups is 2. The molecule has 158 valence electrons. The van der Waals surface area contributed by atoms with Crippen molar-refractivity contribution in [1.82, 2.24) is 14.7 Å². The summed E-state index contributed by atoms with van der Waals surface area (Å²) in [4.78, 5) is 31.1. The number of hydrogen-bond donors (Lipinski definition) is 1. The summed E-state index contributed by atoms with van der Waals surface area (Å²) in [5.41, 5.74) is 0.791. The highest BCUT2D eigenvalue weighted by Crippen LogP contribution is 2.54. The topological polar surface area (TPSA) is 64.1 Å². The van der Waals surface area contributed by atoms with E-state index in [0.717, 1.165) is 5.56 Å². The van der Waals surface area contributed by atoms with E-state index in [0.29, 0.717) is 18.7 Å². The number of hydrogen-bond acceptors (Lipinski definition) is 4. The number of aliphatic hydroxyl groups excluding tert-OH is 1. The normalized spacial score (nSPS) is 22.0. The van der Waals surface area contributed by atoms with Crippen molar-refractivity contribution in [3.63, 3.8) is 0 Å². The molecule has 0 unspecified atom stereocenters. The van der Waals surface area contributed by atoms with Crippen LogP contribution < -0.4 is 0 Å². The molecule has 2 saturated heterocycles. The second-order valence-electron chi connectivity index (χ2n) is 8.41. The lowest BCUT2D eigenvalue weighted by Crippen LogP contribution is -2.86. The molecule has 1 spiro atoms. The number of aliphatic hydroxyl groups is 1. The van der Waals surface area contributed by atoms with Crippen LogP contribution in [-0.4, -0.2) is 83.5 Å². The summed E-state index contributed by atoms with van der Waals surface area (Å²) in [7, 11) is 3.65. The maximum atomic E-state index is 13.6. The summed E-state index contributed by atoms with van der Waals surface area (Å²) < 4.78 is 13.6. The summed E-state index contributed by atoms with van der Waals surface area (Å²) in [5.74, 6) is -0.833. The minimum absolute atomic E-state index is 0.0635. The molecule has 2 heterocycles. The van der Waals surface area contributed by atoms with Crippen molar-refractivity contribution in [2.75, 3.05) is 40.3 Å². The maximum absolute atomic E-state index is 13.6. The summed E-state index contributed by atoms with van der Waals surface area (Å²) in [6.45, 7) is 0.811. The first kappa shape index (κ1) is 20.5. The van der Waals surface area contributed by atoms with Crippen LogP contribution in [0.5, 0.6) is 0 Å². The quantitative estimate of drug-likeness (QED) is 0.811. The van der Waals surface area contributed by atoms with E-state index in [9.17, 15) is 19.1 Å². The van der Waals surface area contributed by atoms with Crippen LogP contribution in [0, 0.1) is 5.82 Å². The highest BCUT2D eigenvalue weighted by Gasteiger charge is 2.67. The molecule has 0 aliphatic carbocycles. The van der Waals surface area contributed by atoms with Gasteiger partial charge < -0.3 is 19.8 Å². The number of halogens is 1. The highest BCUT2D eigenvalue weighted by molar-refractivity contribution is 5.95. The van der Waals surface area contributed by atoms with Crippen molar-refractivity contribution in [1.29, 1.82) is 0 Å². The van der Waals surface area contributed by atoms with E-state index < -0.39 is 11.4 Å². The minimum Gasteiger partial charge on any atom is -0.394 e. The van der Waals surface area contributed by atoms with Gasteiger partial charge in [-0.05, 0) is 37.9 Å². The van der Waals surface area contributed by atoms with Gasteiger partial charge in [-0.15, -0.1) is 0 Å². The Kier molecular flexibility index (Phi) is 5.34. The highest BCUT2D eigenvalue weighted by atomic mass is 19.1. The number of likely N-dealkylation sites (N-methyl/N-ethyl adjacent to an activating group) is 1. The third-order valence-corrected chi connectivity index (χ3v) is 6.13. The number of likely N-dealkylation sites (tertiary alicyclic amines) is 2. The largest absolute Gasteiger partial charge is 0.394 e. The molecule has 2 aliphatic rings. The van der Waals surface area contributed by atoms with Gasteiger partial charge in [-0.1, -0.05) is 36.4 Å². The fourth-order valence-corrected chi connectivity index (χ4v) is 4.98. The molecule has 2 fully saturated rings. The molecule has 4 rings (SSSR count). The van der Waals surface area contributed by atoms with Gasteiger partial charge in [-0.3, -0.25) is 9.59 Å². The average Bonchev–Trinajstić information content (AvgIpc) is 2.66. The Hall–Kier alpha value is -2.77. The molecule has 2 aromatic carbocycles. The minimum atomic E-state index is -0.551. The van der Waals surface area contributed by atoms with Crippen molar-refractivity contribution >= 4 is 11.8 Å². The lowest BCUT2D eigenvalue weighted by Gasteiger charge is -2.70. The van der Waals surface area contributed by atoms with Gasteiger partial charge in [0.2, 0.25) is 5.91 Å². The van der Waals surface area contributed by atoms with Crippen molar-refractivity contribution in [2.24, 2.45) is 0 Å². The molecule has 7 heteroatoms. The number of amides is 2. The van der Waals surface area contributed by atoms with Crippen molar-refractivity contribution in [2.45, 2.75) is 17.5 Å². The molecule has 2 aliphatic heterocycles. The van der Waals surface area contributed by atoms with Gasteiger partial charge in [-0.2, -0.15) is 0 Å². The van der Waals surface area contributed by atoms with E-state index >= 15 is 0 Å².